The lowest BCUT2D eigenvalue weighted by Crippen LogP contribution is -2.42. The van der Waals surface area contributed by atoms with E-state index in [1.54, 1.807) is 0 Å². The number of amides is 1. The lowest BCUT2D eigenvalue weighted by molar-refractivity contribution is 0.0687. The van der Waals surface area contributed by atoms with Gasteiger partial charge in [-0.3, -0.25) is 9.48 Å². The Bertz CT molecular complexity index is 468. The maximum atomic E-state index is 12.7. The molecule has 1 aromatic heterocycles. The van der Waals surface area contributed by atoms with Gasteiger partial charge in [0.05, 0.1) is 5.69 Å². The quantitative estimate of drug-likeness (QED) is 0.891. The van der Waals surface area contributed by atoms with Crippen LogP contribution in [0.4, 0.5) is 0 Å². The SMILES string of the molecule is CCc1cc(C(=O)N(C)C2CCCC2CN)n(CC)n1. The number of nitrogens with zero attached hydrogens (tertiary/aromatic N) is 3. The van der Waals surface area contributed by atoms with Gasteiger partial charge in [0.15, 0.2) is 0 Å². The van der Waals surface area contributed by atoms with Gasteiger partial charge in [-0.05, 0) is 44.7 Å². The molecule has 5 nitrogen and oxygen atoms in total. The van der Waals surface area contributed by atoms with Crippen LogP contribution in [0.2, 0.25) is 0 Å². The average molecular weight is 278 g/mol. The number of carbonyl (C=O) groups excluding carboxylic acids is 1. The minimum atomic E-state index is 0.0735. The van der Waals surface area contributed by atoms with Gasteiger partial charge in [-0.25, -0.2) is 0 Å². The van der Waals surface area contributed by atoms with Crippen LogP contribution in [-0.4, -0.2) is 40.2 Å². The van der Waals surface area contributed by atoms with Gasteiger partial charge in [0.1, 0.15) is 5.69 Å². The summed E-state index contributed by atoms with van der Waals surface area (Å²) in [6.07, 6.45) is 4.21. The van der Waals surface area contributed by atoms with E-state index < -0.39 is 0 Å². The van der Waals surface area contributed by atoms with Crippen LogP contribution in [0.3, 0.4) is 0 Å². The summed E-state index contributed by atoms with van der Waals surface area (Å²) in [6.45, 7) is 5.46. The van der Waals surface area contributed by atoms with E-state index in [1.807, 2.05) is 29.6 Å². The summed E-state index contributed by atoms with van der Waals surface area (Å²) in [5.74, 6) is 0.511. The summed E-state index contributed by atoms with van der Waals surface area (Å²) < 4.78 is 1.81. The molecule has 2 N–H and O–H groups in total. The Balaban J connectivity index is 2.19. The van der Waals surface area contributed by atoms with Crippen molar-refractivity contribution >= 4 is 5.91 Å². The standard InChI is InChI=1S/C15H26N4O/c1-4-12-9-14(19(5-2)17-12)15(20)18(3)13-8-6-7-11(13)10-16/h9,11,13H,4-8,10,16H2,1-3H3. The zero-order valence-electron chi connectivity index (χ0n) is 12.8. The van der Waals surface area contributed by atoms with Gasteiger partial charge in [-0.1, -0.05) is 13.3 Å². The molecule has 1 fully saturated rings. The second-order valence-corrected chi connectivity index (χ2v) is 5.60. The second-order valence-electron chi connectivity index (χ2n) is 5.60. The number of rotatable bonds is 5. The van der Waals surface area contributed by atoms with Gasteiger partial charge in [0.25, 0.3) is 5.91 Å². The molecule has 0 radical (unpaired) electrons. The normalized spacial score (nSPS) is 22.2. The molecule has 1 aliphatic carbocycles. The molecule has 20 heavy (non-hydrogen) atoms. The number of carbonyl (C=O) groups is 1. The molecule has 112 valence electrons. The Kier molecular flexibility index (Phi) is 4.81. The first-order valence-corrected chi connectivity index (χ1v) is 7.66. The fourth-order valence-corrected chi connectivity index (χ4v) is 3.19. The van der Waals surface area contributed by atoms with Crippen LogP contribution in [0.5, 0.6) is 0 Å². The molecule has 1 heterocycles. The molecule has 2 atom stereocenters. The predicted molar refractivity (Wildman–Crippen MR) is 79.6 cm³/mol. The smallest absolute Gasteiger partial charge is 0.272 e. The molecule has 1 aliphatic rings. The van der Waals surface area contributed by atoms with Crippen molar-refractivity contribution in [3.05, 3.63) is 17.5 Å². The van der Waals surface area contributed by atoms with E-state index >= 15 is 0 Å². The molecule has 2 unspecified atom stereocenters. The third kappa shape index (κ3) is 2.73. The Hall–Kier alpha value is -1.36. The van der Waals surface area contributed by atoms with E-state index in [0.29, 0.717) is 18.2 Å². The molecule has 1 aromatic rings. The Morgan fingerprint density at radius 3 is 2.85 bits per heavy atom. The molecule has 0 saturated heterocycles. The van der Waals surface area contributed by atoms with Crippen LogP contribution in [-0.2, 0) is 13.0 Å². The first-order chi connectivity index (χ1) is 9.62. The molecule has 5 heteroatoms. The van der Waals surface area contributed by atoms with Crippen LogP contribution >= 0.6 is 0 Å². The van der Waals surface area contributed by atoms with Crippen molar-refractivity contribution in [2.75, 3.05) is 13.6 Å². The fraction of sp³-hybridized carbons (Fsp3) is 0.733. The number of hydrogen-bond donors (Lipinski definition) is 1. The molecule has 1 amide bonds. The van der Waals surface area contributed by atoms with Crippen molar-refractivity contribution in [3.8, 4) is 0 Å². The fourth-order valence-electron chi connectivity index (χ4n) is 3.19. The zero-order chi connectivity index (χ0) is 14.7. The van der Waals surface area contributed by atoms with Crippen LogP contribution < -0.4 is 5.73 Å². The minimum Gasteiger partial charge on any atom is -0.337 e. The van der Waals surface area contributed by atoms with Gasteiger partial charge in [-0.15, -0.1) is 0 Å². The number of aromatic nitrogens is 2. The van der Waals surface area contributed by atoms with Crippen molar-refractivity contribution < 1.29 is 4.79 Å². The first-order valence-electron chi connectivity index (χ1n) is 7.66. The van der Waals surface area contributed by atoms with E-state index in [4.69, 9.17) is 5.73 Å². The molecular weight excluding hydrogens is 252 g/mol. The topological polar surface area (TPSA) is 64.2 Å². The van der Waals surface area contributed by atoms with Gasteiger partial charge in [0, 0.05) is 19.6 Å². The molecule has 0 bridgehead atoms. The molecule has 0 aromatic carbocycles. The summed E-state index contributed by atoms with van der Waals surface area (Å²) in [7, 11) is 1.90. The highest BCUT2D eigenvalue weighted by atomic mass is 16.2. The van der Waals surface area contributed by atoms with Crippen LogP contribution in [0, 0.1) is 5.92 Å². The first kappa shape index (κ1) is 15.0. The van der Waals surface area contributed by atoms with Gasteiger partial charge in [-0.2, -0.15) is 5.10 Å². The summed E-state index contributed by atoms with van der Waals surface area (Å²) in [5.41, 5.74) is 7.51. The highest BCUT2D eigenvalue weighted by Gasteiger charge is 2.33. The van der Waals surface area contributed by atoms with Crippen molar-refractivity contribution in [2.24, 2.45) is 11.7 Å². The van der Waals surface area contributed by atoms with Crippen LogP contribution in [0.15, 0.2) is 6.07 Å². The van der Waals surface area contributed by atoms with Crippen molar-refractivity contribution in [2.45, 2.75) is 52.1 Å². The van der Waals surface area contributed by atoms with Gasteiger partial charge < -0.3 is 10.6 Å². The summed E-state index contributed by atoms with van der Waals surface area (Å²) >= 11 is 0. The van der Waals surface area contributed by atoms with E-state index in [0.717, 1.165) is 37.9 Å². The highest BCUT2D eigenvalue weighted by Crippen LogP contribution is 2.29. The second kappa shape index (κ2) is 6.39. The van der Waals surface area contributed by atoms with Gasteiger partial charge >= 0.3 is 0 Å². The third-order valence-corrected chi connectivity index (χ3v) is 4.45. The molecular formula is C15H26N4O. The number of aryl methyl sites for hydroxylation is 2. The van der Waals surface area contributed by atoms with Crippen molar-refractivity contribution in [1.82, 2.24) is 14.7 Å². The van der Waals surface area contributed by atoms with Crippen LogP contribution in [0.25, 0.3) is 0 Å². The van der Waals surface area contributed by atoms with Crippen LogP contribution in [0.1, 0.15) is 49.3 Å². The molecule has 1 saturated carbocycles. The van der Waals surface area contributed by atoms with E-state index in [9.17, 15) is 4.79 Å². The summed E-state index contributed by atoms with van der Waals surface area (Å²) in [6, 6.07) is 2.20. The predicted octanol–water partition coefficient (Wildman–Crippen LogP) is 1.66. The summed E-state index contributed by atoms with van der Waals surface area (Å²) in [4.78, 5) is 14.6. The largest absolute Gasteiger partial charge is 0.337 e. The lowest BCUT2D eigenvalue weighted by atomic mass is 10.0. The Morgan fingerprint density at radius 1 is 1.50 bits per heavy atom. The Labute approximate surface area is 121 Å². The van der Waals surface area contributed by atoms with Gasteiger partial charge in [0.2, 0.25) is 0 Å². The Morgan fingerprint density at radius 2 is 2.25 bits per heavy atom. The van der Waals surface area contributed by atoms with Crippen molar-refractivity contribution in [3.63, 3.8) is 0 Å². The third-order valence-electron chi connectivity index (χ3n) is 4.45. The zero-order valence-corrected chi connectivity index (χ0v) is 12.8. The number of hydrogen-bond acceptors (Lipinski definition) is 3. The highest BCUT2D eigenvalue weighted by molar-refractivity contribution is 5.92. The molecule has 0 aliphatic heterocycles. The molecule has 2 rings (SSSR count). The van der Waals surface area contributed by atoms with E-state index in [1.165, 1.54) is 0 Å². The monoisotopic (exact) mass is 278 g/mol. The summed E-state index contributed by atoms with van der Waals surface area (Å²) in [5, 5.41) is 4.46. The average Bonchev–Trinajstić information content (AvgIpc) is 3.11. The van der Waals surface area contributed by atoms with E-state index in [2.05, 4.69) is 12.0 Å². The maximum Gasteiger partial charge on any atom is 0.272 e. The van der Waals surface area contributed by atoms with Crippen molar-refractivity contribution in [1.29, 1.82) is 0 Å². The maximum absolute atomic E-state index is 12.7. The minimum absolute atomic E-state index is 0.0735. The molecule has 0 spiro atoms. The lowest BCUT2D eigenvalue weighted by Gasteiger charge is -2.29. The number of nitrogens with two attached hydrogens (primary N) is 1. The van der Waals surface area contributed by atoms with E-state index in [-0.39, 0.29) is 11.9 Å².